The number of nitrogens with zero attached hydrogens (tertiary/aromatic N) is 2. The molecule has 3 heteroatoms. The Labute approximate surface area is 131 Å². The predicted molar refractivity (Wildman–Crippen MR) is 87.8 cm³/mol. The zero-order valence-electron chi connectivity index (χ0n) is 13.1. The molecule has 0 radical (unpaired) electrons. The van der Waals surface area contributed by atoms with E-state index >= 15 is 0 Å². The van der Waals surface area contributed by atoms with Crippen LogP contribution in [0.25, 0.3) is 11.3 Å². The second kappa shape index (κ2) is 4.81. The van der Waals surface area contributed by atoms with Gasteiger partial charge in [0.25, 0.3) is 0 Å². The molecule has 0 saturated heterocycles. The predicted octanol–water partition coefficient (Wildman–Crippen LogP) is 5.15. The molecule has 1 aliphatic carbocycles. The van der Waals surface area contributed by atoms with E-state index in [1.165, 1.54) is 24.0 Å². The SMILES string of the molecule is CC1(C)CCC(C)(C)c2cc(-c3ccnc(Cl)n3)ccc21. The third-order valence-electron chi connectivity index (χ3n) is 4.77. The van der Waals surface area contributed by atoms with Gasteiger partial charge in [-0.15, -0.1) is 0 Å². The summed E-state index contributed by atoms with van der Waals surface area (Å²) in [6.07, 6.45) is 4.14. The summed E-state index contributed by atoms with van der Waals surface area (Å²) in [6.45, 7) is 9.33. The van der Waals surface area contributed by atoms with E-state index in [2.05, 4.69) is 55.9 Å². The number of aromatic nitrogens is 2. The third-order valence-corrected chi connectivity index (χ3v) is 4.96. The van der Waals surface area contributed by atoms with Crippen LogP contribution in [0.15, 0.2) is 30.5 Å². The van der Waals surface area contributed by atoms with E-state index in [0.29, 0.717) is 5.28 Å². The van der Waals surface area contributed by atoms with Crippen molar-refractivity contribution in [2.45, 2.75) is 51.4 Å². The fourth-order valence-electron chi connectivity index (χ4n) is 3.24. The van der Waals surface area contributed by atoms with Crippen LogP contribution in [-0.4, -0.2) is 9.97 Å². The van der Waals surface area contributed by atoms with E-state index in [4.69, 9.17) is 11.6 Å². The molecule has 21 heavy (non-hydrogen) atoms. The normalized spacial score (nSPS) is 19.1. The molecule has 2 aromatic rings. The Morgan fingerprint density at radius 3 is 2.29 bits per heavy atom. The molecule has 0 spiro atoms. The van der Waals surface area contributed by atoms with Gasteiger partial charge in [0.15, 0.2) is 0 Å². The highest BCUT2D eigenvalue weighted by molar-refractivity contribution is 6.28. The van der Waals surface area contributed by atoms with Crippen LogP contribution in [0.2, 0.25) is 5.28 Å². The van der Waals surface area contributed by atoms with Gasteiger partial charge in [0, 0.05) is 11.8 Å². The van der Waals surface area contributed by atoms with Gasteiger partial charge in [0.1, 0.15) is 0 Å². The van der Waals surface area contributed by atoms with Crippen LogP contribution in [0.1, 0.15) is 51.7 Å². The zero-order chi connectivity index (χ0) is 15.3. The summed E-state index contributed by atoms with van der Waals surface area (Å²) in [5.41, 5.74) is 5.35. The monoisotopic (exact) mass is 300 g/mol. The number of benzene rings is 1. The summed E-state index contributed by atoms with van der Waals surface area (Å²) in [6, 6.07) is 8.62. The molecule has 0 bridgehead atoms. The lowest BCUT2D eigenvalue weighted by Gasteiger charge is -2.42. The van der Waals surface area contributed by atoms with Gasteiger partial charge in [-0.05, 0) is 58.5 Å². The lowest BCUT2D eigenvalue weighted by molar-refractivity contribution is 0.332. The Hall–Kier alpha value is -1.41. The molecule has 1 aliphatic rings. The van der Waals surface area contributed by atoms with Crippen LogP contribution in [0.5, 0.6) is 0 Å². The standard InChI is InChI=1S/C18H21ClN2/c1-17(2)8-9-18(3,4)14-11-12(5-6-13(14)17)15-7-10-20-16(19)21-15/h5-7,10-11H,8-9H2,1-4H3. The maximum atomic E-state index is 5.92. The van der Waals surface area contributed by atoms with Crippen LogP contribution in [-0.2, 0) is 10.8 Å². The van der Waals surface area contributed by atoms with E-state index in [1.54, 1.807) is 6.20 Å². The second-order valence-corrected chi connectivity index (χ2v) is 7.58. The lowest BCUT2D eigenvalue weighted by atomic mass is 9.63. The molecule has 0 atom stereocenters. The molecule has 110 valence electrons. The Kier molecular flexibility index (Phi) is 3.32. The number of hydrogen-bond donors (Lipinski definition) is 0. The van der Waals surface area contributed by atoms with Crippen LogP contribution < -0.4 is 0 Å². The molecule has 3 rings (SSSR count). The van der Waals surface area contributed by atoms with Crippen LogP contribution in [0.4, 0.5) is 0 Å². The largest absolute Gasteiger partial charge is 0.226 e. The van der Waals surface area contributed by atoms with E-state index < -0.39 is 0 Å². The summed E-state index contributed by atoms with van der Waals surface area (Å²) < 4.78 is 0. The number of fused-ring (bicyclic) bond motifs is 1. The summed E-state index contributed by atoms with van der Waals surface area (Å²) in [7, 11) is 0. The maximum absolute atomic E-state index is 5.92. The molecule has 0 saturated carbocycles. The van der Waals surface area contributed by atoms with Crippen molar-refractivity contribution in [1.82, 2.24) is 9.97 Å². The van der Waals surface area contributed by atoms with Crippen molar-refractivity contribution in [2.75, 3.05) is 0 Å². The summed E-state index contributed by atoms with van der Waals surface area (Å²) in [5.74, 6) is 0. The number of hydrogen-bond acceptors (Lipinski definition) is 2. The van der Waals surface area contributed by atoms with Gasteiger partial charge >= 0.3 is 0 Å². The first kappa shape index (κ1) is 14.5. The number of rotatable bonds is 1. The van der Waals surface area contributed by atoms with Crippen molar-refractivity contribution < 1.29 is 0 Å². The quantitative estimate of drug-likeness (QED) is 0.681. The summed E-state index contributed by atoms with van der Waals surface area (Å²) in [4.78, 5) is 8.29. The lowest BCUT2D eigenvalue weighted by Crippen LogP contribution is -2.33. The molecule has 1 heterocycles. The zero-order valence-corrected chi connectivity index (χ0v) is 13.8. The van der Waals surface area contributed by atoms with Crippen LogP contribution >= 0.6 is 11.6 Å². The van der Waals surface area contributed by atoms with Gasteiger partial charge in [-0.1, -0.05) is 39.8 Å². The highest BCUT2D eigenvalue weighted by Gasteiger charge is 2.36. The Morgan fingerprint density at radius 2 is 1.62 bits per heavy atom. The highest BCUT2D eigenvalue weighted by atomic mass is 35.5. The smallest absolute Gasteiger partial charge is 0.222 e. The van der Waals surface area contributed by atoms with Gasteiger partial charge in [0.05, 0.1) is 5.69 Å². The Morgan fingerprint density at radius 1 is 0.952 bits per heavy atom. The van der Waals surface area contributed by atoms with E-state index in [9.17, 15) is 0 Å². The maximum Gasteiger partial charge on any atom is 0.222 e. The minimum Gasteiger partial charge on any atom is -0.226 e. The van der Waals surface area contributed by atoms with Gasteiger partial charge < -0.3 is 0 Å². The van der Waals surface area contributed by atoms with Crippen molar-refractivity contribution in [1.29, 1.82) is 0 Å². The molecule has 0 amide bonds. The topological polar surface area (TPSA) is 25.8 Å². The van der Waals surface area contributed by atoms with Crippen molar-refractivity contribution in [3.63, 3.8) is 0 Å². The fraction of sp³-hybridized carbons (Fsp3) is 0.444. The average Bonchev–Trinajstić information content (AvgIpc) is 2.44. The Balaban J connectivity index is 2.16. The van der Waals surface area contributed by atoms with Crippen LogP contribution in [0.3, 0.4) is 0 Å². The van der Waals surface area contributed by atoms with E-state index in [-0.39, 0.29) is 10.8 Å². The van der Waals surface area contributed by atoms with E-state index in [0.717, 1.165) is 11.3 Å². The third kappa shape index (κ3) is 2.57. The van der Waals surface area contributed by atoms with Gasteiger partial charge in [0.2, 0.25) is 5.28 Å². The van der Waals surface area contributed by atoms with Gasteiger partial charge in [-0.3, -0.25) is 0 Å². The molecule has 0 unspecified atom stereocenters. The average molecular weight is 301 g/mol. The van der Waals surface area contributed by atoms with E-state index in [1.807, 2.05) is 6.07 Å². The Bertz CT molecular complexity index is 689. The first-order valence-corrected chi connectivity index (χ1v) is 7.81. The number of halogens is 1. The second-order valence-electron chi connectivity index (χ2n) is 7.24. The van der Waals surface area contributed by atoms with Gasteiger partial charge in [-0.2, -0.15) is 0 Å². The summed E-state index contributed by atoms with van der Waals surface area (Å²) >= 11 is 5.92. The highest BCUT2D eigenvalue weighted by Crippen LogP contribution is 2.46. The molecule has 2 nitrogen and oxygen atoms in total. The van der Waals surface area contributed by atoms with Crippen molar-refractivity contribution in [3.8, 4) is 11.3 Å². The molecule has 1 aromatic carbocycles. The molecular weight excluding hydrogens is 280 g/mol. The first-order chi connectivity index (χ1) is 9.79. The van der Waals surface area contributed by atoms with Crippen molar-refractivity contribution >= 4 is 11.6 Å². The minimum absolute atomic E-state index is 0.206. The molecule has 0 aliphatic heterocycles. The molecule has 0 N–H and O–H groups in total. The molecule has 1 aromatic heterocycles. The minimum atomic E-state index is 0.206. The van der Waals surface area contributed by atoms with Crippen LogP contribution in [0, 0.1) is 0 Å². The molecular formula is C18H21ClN2. The van der Waals surface area contributed by atoms with Gasteiger partial charge in [-0.25, -0.2) is 9.97 Å². The fourth-order valence-corrected chi connectivity index (χ4v) is 3.39. The first-order valence-electron chi connectivity index (χ1n) is 7.44. The van der Waals surface area contributed by atoms with Crippen molar-refractivity contribution in [2.24, 2.45) is 0 Å². The van der Waals surface area contributed by atoms with Crippen molar-refractivity contribution in [3.05, 3.63) is 46.9 Å². The molecule has 0 fully saturated rings. The summed E-state index contributed by atoms with van der Waals surface area (Å²) in [5, 5.41) is 0.296.